The standard InChI is InChI=1S/C86H140NO8P/c1-6-8-10-12-14-16-18-20-22-24-26-28-30-32-34-36-38-40-42-43-45-47-49-51-53-55-57-59-61-63-65-67-69-71-73-75-77-79-86(89)95-84(83-94-96(90,91)93-81-80-87(3,4)5)82-92-85(88)78-76-74-72-70-68-66-64-62-60-58-56-54-52-50-48-46-44-41-39-37-35-33-31-29-27-25-23-21-19-17-15-13-11-9-7-2/h8-11,14-17,20-23,26-29,32-35,38-41,43,45-46,48-49,51-52,54,84H,6-7,12-13,18-19,24-25,30-31,36-37,42,44,47,50,53,55-83H2,1-5H3/b10-8-,11-9-,16-14-,17-15-,22-20-,23-21-,28-26-,29-27-,34-32-,35-33-,40-38-,41-39-,45-43-,48-46-,51-49-,54-52-. The third-order valence-corrected chi connectivity index (χ3v) is 16.6. The van der Waals surface area contributed by atoms with E-state index in [4.69, 9.17) is 18.5 Å². The van der Waals surface area contributed by atoms with Crippen molar-refractivity contribution in [2.45, 2.75) is 290 Å². The van der Waals surface area contributed by atoms with E-state index >= 15 is 0 Å². The maximum Gasteiger partial charge on any atom is 0.306 e. The van der Waals surface area contributed by atoms with Crippen molar-refractivity contribution in [3.05, 3.63) is 194 Å². The maximum atomic E-state index is 12.9. The van der Waals surface area contributed by atoms with E-state index in [9.17, 15) is 19.0 Å². The fourth-order valence-electron chi connectivity index (χ4n) is 9.87. The number of phosphoric acid groups is 1. The molecule has 0 aliphatic carbocycles. The first-order valence-electron chi connectivity index (χ1n) is 38.1. The van der Waals surface area contributed by atoms with Crippen molar-refractivity contribution in [3.63, 3.8) is 0 Å². The van der Waals surface area contributed by atoms with Gasteiger partial charge in [0, 0.05) is 12.8 Å². The molecule has 0 saturated heterocycles. The molecule has 542 valence electrons. The number of phosphoric ester groups is 1. The molecule has 0 aromatic carbocycles. The van der Waals surface area contributed by atoms with Crippen LogP contribution in [0.25, 0.3) is 0 Å². The first-order valence-corrected chi connectivity index (χ1v) is 39.6. The molecular formula is C86H140NO8P. The Morgan fingerprint density at radius 1 is 0.323 bits per heavy atom. The van der Waals surface area contributed by atoms with Gasteiger partial charge in [0.25, 0.3) is 7.82 Å². The molecule has 0 spiro atoms. The van der Waals surface area contributed by atoms with Gasteiger partial charge in [-0.3, -0.25) is 14.2 Å². The Hall–Kier alpha value is -5.15. The number of hydrogen-bond acceptors (Lipinski definition) is 8. The summed E-state index contributed by atoms with van der Waals surface area (Å²) in [5.41, 5.74) is 0. The zero-order valence-electron chi connectivity index (χ0n) is 61.7. The van der Waals surface area contributed by atoms with E-state index in [1.807, 2.05) is 21.1 Å². The van der Waals surface area contributed by atoms with Crippen LogP contribution in [0, 0.1) is 0 Å². The minimum Gasteiger partial charge on any atom is -0.756 e. The molecule has 10 heteroatoms. The highest BCUT2D eigenvalue weighted by molar-refractivity contribution is 7.45. The minimum atomic E-state index is -4.66. The van der Waals surface area contributed by atoms with Crippen LogP contribution in [0.1, 0.15) is 284 Å². The molecule has 0 N–H and O–H groups in total. The molecular weight excluding hydrogens is 1210 g/mol. The van der Waals surface area contributed by atoms with E-state index in [0.29, 0.717) is 23.9 Å². The highest BCUT2D eigenvalue weighted by atomic mass is 31.2. The minimum absolute atomic E-state index is 0.0409. The number of unbranched alkanes of at least 4 members (excludes halogenated alkanes) is 22. The third-order valence-electron chi connectivity index (χ3n) is 15.6. The van der Waals surface area contributed by atoms with Crippen LogP contribution in [0.5, 0.6) is 0 Å². The molecule has 0 rings (SSSR count). The Balaban J connectivity index is 4.09. The number of rotatable bonds is 68. The molecule has 0 aliphatic heterocycles. The lowest BCUT2D eigenvalue weighted by Crippen LogP contribution is -2.37. The van der Waals surface area contributed by atoms with Crippen LogP contribution < -0.4 is 4.89 Å². The predicted molar refractivity (Wildman–Crippen MR) is 415 cm³/mol. The van der Waals surface area contributed by atoms with Gasteiger partial charge < -0.3 is 27.9 Å². The summed E-state index contributed by atoms with van der Waals surface area (Å²) in [7, 11) is 1.14. The van der Waals surface area contributed by atoms with Crippen LogP contribution >= 0.6 is 7.82 Å². The van der Waals surface area contributed by atoms with Crippen molar-refractivity contribution in [1.29, 1.82) is 0 Å². The molecule has 0 radical (unpaired) electrons. The number of esters is 2. The Bertz CT molecular complexity index is 2330. The molecule has 2 atom stereocenters. The molecule has 0 saturated carbocycles. The lowest BCUT2D eigenvalue weighted by atomic mass is 10.0. The largest absolute Gasteiger partial charge is 0.756 e. The highest BCUT2D eigenvalue weighted by Gasteiger charge is 2.22. The molecule has 96 heavy (non-hydrogen) atoms. The molecule has 0 bridgehead atoms. The van der Waals surface area contributed by atoms with E-state index in [0.717, 1.165) is 154 Å². The van der Waals surface area contributed by atoms with Gasteiger partial charge in [-0.25, -0.2) is 0 Å². The van der Waals surface area contributed by atoms with Gasteiger partial charge >= 0.3 is 11.9 Å². The summed E-state index contributed by atoms with van der Waals surface area (Å²) in [4.78, 5) is 38.2. The van der Waals surface area contributed by atoms with E-state index in [-0.39, 0.29) is 26.1 Å². The van der Waals surface area contributed by atoms with Crippen LogP contribution in [0.3, 0.4) is 0 Å². The van der Waals surface area contributed by atoms with E-state index in [1.54, 1.807) is 0 Å². The van der Waals surface area contributed by atoms with Gasteiger partial charge in [0.2, 0.25) is 0 Å². The van der Waals surface area contributed by atoms with E-state index in [1.165, 1.54) is 89.9 Å². The van der Waals surface area contributed by atoms with Crippen molar-refractivity contribution in [3.8, 4) is 0 Å². The van der Waals surface area contributed by atoms with Crippen molar-refractivity contribution in [2.24, 2.45) is 0 Å². The van der Waals surface area contributed by atoms with Gasteiger partial charge in [-0.1, -0.05) is 324 Å². The second-order valence-corrected chi connectivity index (χ2v) is 27.3. The number of likely N-dealkylation sites (N-methyl/N-ethyl adjacent to an activating group) is 1. The zero-order chi connectivity index (χ0) is 69.7. The van der Waals surface area contributed by atoms with Crippen LogP contribution in [0.15, 0.2) is 194 Å². The number of carbonyl (C=O) groups is 2. The van der Waals surface area contributed by atoms with Crippen LogP contribution in [-0.2, 0) is 32.7 Å². The second kappa shape index (κ2) is 74.1. The summed E-state index contributed by atoms with van der Waals surface area (Å²) in [6.07, 6.45) is 115. The number of quaternary nitrogens is 1. The topological polar surface area (TPSA) is 111 Å². The van der Waals surface area contributed by atoms with Gasteiger partial charge in [-0.05, 0) is 141 Å². The normalized spacial score (nSPS) is 14.2. The van der Waals surface area contributed by atoms with Crippen molar-refractivity contribution >= 4 is 19.8 Å². The van der Waals surface area contributed by atoms with Gasteiger partial charge in [0.1, 0.15) is 19.8 Å². The molecule has 9 nitrogen and oxygen atoms in total. The van der Waals surface area contributed by atoms with Crippen LogP contribution in [-0.4, -0.2) is 70.0 Å². The Labute approximate surface area is 590 Å². The first kappa shape index (κ1) is 90.8. The molecule has 0 aliphatic rings. The number of hydrogen-bond donors (Lipinski definition) is 0. The highest BCUT2D eigenvalue weighted by Crippen LogP contribution is 2.38. The summed E-state index contributed by atoms with van der Waals surface area (Å²) in [5, 5.41) is 0. The van der Waals surface area contributed by atoms with Crippen LogP contribution in [0.2, 0.25) is 0 Å². The summed E-state index contributed by atoms with van der Waals surface area (Å²) < 4.78 is 34.4. The van der Waals surface area contributed by atoms with E-state index < -0.39 is 32.5 Å². The molecule has 0 heterocycles. The summed E-state index contributed by atoms with van der Waals surface area (Å²) in [6, 6.07) is 0. The zero-order valence-corrected chi connectivity index (χ0v) is 62.6. The third kappa shape index (κ3) is 77.9. The average molecular weight is 1350 g/mol. The molecule has 0 fully saturated rings. The Morgan fingerprint density at radius 2 is 0.562 bits per heavy atom. The van der Waals surface area contributed by atoms with Gasteiger partial charge in [0.05, 0.1) is 27.7 Å². The fraction of sp³-hybridized carbons (Fsp3) is 0.605. The van der Waals surface area contributed by atoms with Crippen molar-refractivity contribution in [1.82, 2.24) is 0 Å². The molecule has 2 unspecified atom stereocenters. The second-order valence-electron chi connectivity index (χ2n) is 25.9. The fourth-order valence-corrected chi connectivity index (χ4v) is 10.6. The van der Waals surface area contributed by atoms with Gasteiger partial charge in [-0.15, -0.1) is 0 Å². The van der Waals surface area contributed by atoms with Crippen LogP contribution in [0.4, 0.5) is 0 Å². The first-order chi connectivity index (χ1) is 47.0. The predicted octanol–water partition coefficient (Wildman–Crippen LogP) is 25.0. The quantitative estimate of drug-likeness (QED) is 0.0195. The molecule has 0 amide bonds. The molecule has 0 aromatic heterocycles. The van der Waals surface area contributed by atoms with E-state index in [2.05, 4.69) is 208 Å². The average Bonchev–Trinajstić information content (AvgIpc) is 2.72. The van der Waals surface area contributed by atoms with Crippen molar-refractivity contribution < 1.29 is 42.1 Å². The van der Waals surface area contributed by atoms with Crippen molar-refractivity contribution in [2.75, 3.05) is 47.5 Å². The van der Waals surface area contributed by atoms with Gasteiger partial charge in [-0.2, -0.15) is 0 Å². The monoisotopic (exact) mass is 1350 g/mol. The smallest absolute Gasteiger partial charge is 0.306 e. The van der Waals surface area contributed by atoms with Gasteiger partial charge in [0.15, 0.2) is 6.10 Å². The summed E-state index contributed by atoms with van der Waals surface area (Å²) in [5.74, 6) is -0.848. The lowest BCUT2D eigenvalue weighted by Gasteiger charge is -2.28. The summed E-state index contributed by atoms with van der Waals surface area (Å²) in [6.45, 7) is 4.00. The maximum absolute atomic E-state index is 12.9. The number of nitrogens with zero attached hydrogens (tertiary/aromatic N) is 1. The molecule has 0 aromatic rings. The number of ether oxygens (including phenoxy) is 2. The lowest BCUT2D eigenvalue weighted by molar-refractivity contribution is -0.870. The number of allylic oxidation sites excluding steroid dienone is 32. The summed E-state index contributed by atoms with van der Waals surface area (Å²) >= 11 is 0. The Kier molecular flexibility index (Phi) is 70.1. The SMILES string of the molecule is CC/C=C\C/C=C\C/C=C\C/C=C\C/C=C\C/C=C\C/C=C\C/C=C\CCCCCCCCCCCCCCC(=O)OC(COC(=O)CCCCCCCCCCCC/C=C\C/C=C\C/C=C\C/C=C\C/C=C\C/C=C\C/C=C\C/C=C\CC)COP(=O)([O-])OCC[N+](C)(C)C. The number of carbonyl (C=O) groups excluding carboxylic acids is 2. The Morgan fingerprint density at radius 3 is 0.833 bits per heavy atom.